The van der Waals surface area contributed by atoms with Crippen molar-refractivity contribution in [3.05, 3.63) is 69.2 Å². The van der Waals surface area contributed by atoms with Crippen LogP contribution in [-0.2, 0) is 6.54 Å². The predicted molar refractivity (Wildman–Crippen MR) is 126 cm³/mol. The van der Waals surface area contributed by atoms with Gasteiger partial charge in [0.25, 0.3) is 0 Å². The Kier molecular flexibility index (Phi) is 6.90. The summed E-state index contributed by atoms with van der Waals surface area (Å²) in [6.45, 7) is 8.53. The molecule has 8 heteroatoms. The van der Waals surface area contributed by atoms with Crippen LogP contribution in [0.2, 0.25) is 0 Å². The second kappa shape index (κ2) is 9.58. The van der Waals surface area contributed by atoms with Crippen LogP contribution in [0.15, 0.2) is 46.8 Å². The van der Waals surface area contributed by atoms with Gasteiger partial charge in [-0.05, 0) is 74.6 Å². The summed E-state index contributed by atoms with van der Waals surface area (Å²) < 4.78 is 0. The molecule has 150 valence electrons. The molecule has 0 aliphatic carbocycles. The summed E-state index contributed by atoms with van der Waals surface area (Å²) in [6, 6.07) is 12.1. The fourth-order valence-corrected chi connectivity index (χ4v) is 3.54. The zero-order valence-electron chi connectivity index (χ0n) is 16.9. The highest BCUT2D eigenvalue weighted by molar-refractivity contribution is 7.80. The molecule has 0 fully saturated rings. The lowest BCUT2D eigenvalue weighted by atomic mass is 10.1. The van der Waals surface area contributed by atoms with Crippen molar-refractivity contribution in [3.63, 3.8) is 0 Å². The molecule has 0 saturated heterocycles. The van der Waals surface area contributed by atoms with Gasteiger partial charge >= 0.3 is 0 Å². The third-order valence-electron chi connectivity index (χ3n) is 4.27. The number of thiocarbonyl (C=S) groups is 1. The second-order valence-corrected chi connectivity index (χ2v) is 8.11. The van der Waals surface area contributed by atoms with Gasteiger partial charge in [0.15, 0.2) is 5.11 Å². The molecule has 6 nitrogen and oxygen atoms in total. The van der Waals surface area contributed by atoms with E-state index >= 15 is 0 Å². The average Bonchev–Trinajstić information content (AvgIpc) is 3.16. The van der Waals surface area contributed by atoms with E-state index in [1.807, 2.05) is 49.6 Å². The average molecular weight is 425 g/mol. The van der Waals surface area contributed by atoms with E-state index in [9.17, 15) is 0 Å². The van der Waals surface area contributed by atoms with Crippen LogP contribution in [0.5, 0.6) is 0 Å². The zero-order valence-corrected chi connectivity index (χ0v) is 18.5. The minimum Gasteiger partial charge on any atom is -0.332 e. The summed E-state index contributed by atoms with van der Waals surface area (Å²) in [5.41, 5.74) is 5.08. The first kappa shape index (κ1) is 20.9. The number of aryl methyl sites for hydroxylation is 3. The molecule has 3 aromatic rings. The lowest BCUT2D eigenvalue weighted by molar-refractivity contribution is 1.04. The number of rotatable bonds is 4. The van der Waals surface area contributed by atoms with Crippen molar-refractivity contribution in [1.29, 1.82) is 0 Å². The number of thiophene rings is 1. The molecule has 3 N–H and O–H groups in total. The topological polar surface area (TPSA) is 74.2 Å². The van der Waals surface area contributed by atoms with Crippen LogP contribution in [0, 0.1) is 27.7 Å². The molecule has 0 atom stereocenters. The number of aliphatic imine (C=N–C) groups is 1. The highest BCUT2D eigenvalue weighted by Crippen LogP contribution is 2.17. The van der Waals surface area contributed by atoms with Gasteiger partial charge in [0.2, 0.25) is 11.9 Å². The molecule has 0 amide bonds. The van der Waals surface area contributed by atoms with Crippen LogP contribution in [0.4, 0.5) is 11.6 Å². The minimum atomic E-state index is 0.445. The quantitative estimate of drug-likeness (QED) is 0.319. The fourth-order valence-electron chi connectivity index (χ4n) is 2.71. The van der Waals surface area contributed by atoms with Crippen molar-refractivity contribution < 1.29 is 0 Å². The van der Waals surface area contributed by atoms with Gasteiger partial charge in [0.1, 0.15) is 0 Å². The summed E-state index contributed by atoms with van der Waals surface area (Å²) in [4.78, 5) is 14.7. The Morgan fingerprint density at radius 2 is 1.79 bits per heavy atom. The van der Waals surface area contributed by atoms with E-state index in [0.717, 1.165) is 27.5 Å². The Balaban J connectivity index is 1.77. The lowest BCUT2D eigenvalue weighted by Crippen LogP contribution is -2.39. The van der Waals surface area contributed by atoms with Gasteiger partial charge in [-0.25, -0.2) is 15.0 Å². The van der Waals surface area contributed by atoms with Crippen molar-refractivity contribution in [2.45, 2.75) is 34.2 Å². The Morgan fingerprint density at radius 3 is 2.48 bits per heavy atom. The molecule has 0 saturated carbocycles. The molecule has 2 aromatic heterocycles. The third kappa shape index (κ3) is 6.07. The predicted octanol–water partition coefficient (Wildman–Crippen LogP) is 4.73. The molecule has 0 radical (unpaired) electrons. The molecule has 2 heterocycles. The molecule has 0 aliphatic heterocycles. The van der Waals surface area contributed by atoms with Gasteiger partial charge in [-0.2, -0.15) is 0 Å². The first-order valence-corrected chi connectivity index (χ1v) is 10.5. The van der Waals surface area contributed by atoms with E-state index in [0.29, 0.717) is 23.6 Å². The molecule has 0 spiro atoms. The highest BCUT2D eigenvalue weighted by atomic mass is 32.1. The van der Waals surface area contributed by atoms with E-state index < -0.39 is 0 Å². The van der Waals surface area contributed by atoms with E-state index in [2.05, 4.69) is 50.8 Å². The third-order valence-corrected chi connectivity index (χ3v) is 5.34. The summed E-state index contributed by atoms with van der Waals surface area (Å²) >= 11 is 7.17. The van der Waals surface area contributed by atoms with Gasteiger partial charge in [-0.3, -0.25) is 5.32 Å². The number of aromatic nitrogens is 2. The number of guanidine groups is 1. The van der Waals surface area contributed by atoms with Crippen molar-refractivity contribution in [2.75, 3.05) is 10.6 Å². The van der Waals surface area contributed by atoms with Gasteiger partial charge < -0.3 is 10.6 Å². The highest BCUT2D eigenvalue weighted by Gasteiger charge is 2.09. The molecule has 0 unspecified atom stereocenters. The number of hydrogen-bond acceptors (Lipinski definition) is 5. The number of benzene rings is 1. The maximum Gasteiger partial charge on any atom is 0.229 e. The van der Waals surface area contributed by atoms with E-state index in [-0.39, 0.29) is 0 Å². The summed E-state index contributed by atoms with van der Waals surface area (Å²) in [5.74, 6) is 0.973. The number of nitrogens with one attached hydrogen (secondary N) is 3. The van der Waals surface area contributed by atoms with Crippen molar-refractivity contribution in [1.82, 2.24) is 15.3 Å². The van der Waals surface area contributed by atoms with Crippen molar-refractivity contribution >= 4 is 46.3 Å². The Labute approximate surface area is 180 Å². The smallest absolute Gasteiger partial charge is 0.229 e. The van der Waals surface area contributed by atoms with Crippen LogP contribution in [-0.4, -0.2) is 21.0 Å². The lowest BCUT2D eigenvalue weighted by Gasteiger charge is -2.16. The van der Waals surface area contributed by atoms with Crippen LogP contribution in [0.1, 0.15) is 27.4 Å². The van der Waals surface area contributed by atoms with E-state index in [1.165, 1.54) is 5.56 Å². The maximum atomic E-state index is 5.52. The minimum absolute atomic E-state index is 0.445. The summed E-state index contributed by atoms with van der Waals surface area (Å²) in [6.07, 6.45) is 0. The van der Waals surface area contributed by atoms with Crippen LogP contribution < -0.4 is 16.0 Å². The number of nitrogens with zero attached hydrogens (tertiary/aromatic N) is 3. The van der Waals surface area contributed by atoms with E-state index in [4.69, 9.17) is 12.2 Å². The van der Waals surface area contributed by atoms with Gasteiger partial charge in [0, 0.05) is 22.0 Å². The monoisotopic (exact) mass is 424 g/mol. The number of anilines is 2. The standard InChI is InChI=1S/C21H24N6S2/c1-13-7-5-9-18(16(13)4)25-21(28)27-19(22-12-17-8-6-10-29-17)26-20-23-14(2)11-15(3)24-20/h5-11H,12H2,1-4H3,(H3,22,23,24,25,26,27,28). The molecule has 0 aliphatic rings. The first-order valence-electron chi connectivity index (χ1n) is 9.21. The Hall–Kier alpha value is -2.84. The molecule has 1 aromatic carbocycles. The fraction of sp³-hybridized carbons (Fsp3) is 0.238. The molecule has 29 heavy (non-hydrogen) atoms. The normalized spacial score (nSPS) is 11.2. The zero-order chi connectivity index (χ0) is 20.8. The van der Waals surface area contributed by atoms with Crippen LogP contribution in [0.25, 0.3) is 0 Å². The van der Waals surface area contributed by atoms with Gasteiger partial charge in [0.05, 0.1) is 6.54 Å². The van der Waals surface area contributed by atoms with E-state index in [1.54, 1.807) is 11.3 Å². The Bertz CT molecular complexity index is 1010. The van der Waals surface area contributed by atoms with Crippen LogP contribution >= 0.6 is 23.6 Å². The van der Waals surface area contributed by atoms with Crippen molar-refractivity contribution in [2.24, 2.45) is 4.99 Å². The number of hydrogen-bond donors (Lipinski definition) is 3. The van der Waals surface area contributed by atoms with Crippen LogP contribution in [0.3, 0.4) is 0 Å². The molecular weight excluding hydrogens is 400 g/mol. The Morgan fingerprint density at radius 1 is 1.03 bits per heavy atom. The summed E-state index contributed by atoms with van der Waals surface area (Å²) in [5, 5.41) is 12.0. The second-order valence-electron chi connectivity index (χ2n) is 6.67. The largest absolute Gasteiger partial charge is 0.332 e. The summed E-state index contributed by atoms with van der Waals surface area (Å²) in [7, 11) is 0. The maximum absolute atomic E-state index is 5.52. The van der Waals surface area contributed by atoms with Gasteiger partial charge in [-0.1, -0.05) is 18.2 Å². The SMILES string of the molecule is Cc1cc(C)nc(NC(=NCc2cccs2)NC(=S)Nc2cccc(C)c2C)n1. The molecule has 3 rings (SSSR count). The van der Waals surface area contributed by atoms with Crippen molar-refractivity contribution in [3.8, 4) is 0 Å². The molecular formula is C21H24N6S2. The van der Waals surface area contributed by atoms with Gasteiger partial charge in [-0.15, -0.1) is 11.3 Å². The molecule has 0 bridgehead atoms. The first-order chi connectivity index (χ1) is 13.9.